The molecule has 132 valence electrons. The third-order valence-electron chi connectivity index (χ3n) is 4.48. The molecule has 0 radical (unpaired) electrons. The van der Waals surface area contributed by atoms with Crippen molar-refractivity contribution in [3.05, 3.63) is 53.1 Å². The molecule has 0 aliphatic carbocycles. The van der Waals surface area contributed by atoms with Crippen LogP contribution in [-0.4, -0.2) is 20.9 Å². The lowest BCUT2D eigenvalue weighted by Crippen LogP contribution is -2.32. The Balaban J connectivity index is 1.83. The Morgan fingerprint density at radius 1 is 1.24 bits per heavy atom. The molecule has 0 saturated heterocycles. The second kappa shape index (κ2) is 6.50. The van der Waals surface area contributed by atoms with E-state index < -0.39 is 10.0 Å². The zero-order valence-electron chi connectivity index (χ0n) is 14.1. The van der Waals surface area contributed by atoms with E-state index in [1.54, 1.807) is 6.92 Å². The zero-order valence-corrected chi connectivity index (χ0v) is 14.9. The lowest BCUT2D eigenvalue weighted by molar-refractivity contribution is -0.121. The maximum absolute atomic E-state index is 12.6. The van der Waals surface area contributed by atoms with Crippen LogP contribution in [0.4, 0.5) is 5.69 Å². The fourth-order valence-electron chi connectivity index (χ4n) is 2.85. The van der Waals surface area contributed by atoms with Gasteiger partial charge in [-0.15, -0.1) is 0 Å². The van der Waals surface area contributed by atoms with Crippen LogP contribution in [0.5, 0.6) is 5.75 Å². The fraction of sp³-hybridized carbons (Fsp3) is 0.278. The molecular weight excluding hydrogens is 340 g/mol. The number of rotatable bonds is 3. The van der Waals surface area contributed by atoms with Crippen molar-refractivity contribution in [1.29, 1.82) is 0 Å². The van der Waals surface area contributed by atoms with Crippen LogP contribution >= 0.6 is 0 Å². The maximum Gasteiger partial charge on any atom is 0.238 e. The van der Waals surface area contributed by atoms with E-state index in [1.807, 2.05) is 31.2 Å². The van der Waals surface area contributed by atoms with Crippen LogP contribution in [0.3, 0.4) is 0 Å². The summed E-state index contributed by atoms with van der Waals surface area (Å²) in [5.41, 5.74) is 2.98. The van der Waals surface area contributed by atoms with Crippen LogP contribution in [-0.2, 0) is 21.2 Å². The Bertz CT molecular complexity index is 938. The van der Waals surface area contributed by atoms with Crippen molar-refractivity contribution in [2.75, 3.05) is 11.9 Å². The van der Waals surface area contributed by atoms with Gasteiger partial charge in [0.2, 0.25) is 15.9 Å². The molecule has 0 aromatic heterocycles. The number of nitrogens with two attached hydrogens (primary N) is 1. The summed E-state index contributed by atoms with van der Waals surface area (Å²) in [6, 6.07) is 10.5. The van der Waals surface area contributed by atoms with Crippen LogP contribution in [0.1, 0.15) is 16.7 Å². The van der Waals surface area contributed by atoms with E-state index in [9.17, 15) is 13.2 Å². The molecule has 2 aromatic rings. The van der Waals surface area contributed by atoms with Crippen LogP contribution in [0.2, 0.25) is 0 Å². The molecule has 3 N–H and O–H groups in total. The van der Waals surface area contributed by atoms with Gasteiger partial charge < -0.3 is 10.1 Å². The molecule has 2 aromatic carbocycles. The van der Waals surface area contributed by atoms with Gasteiger partial charge in [0.15, 0.2) is 0 Å². The molecule has 0 saturated carbocycles. The lowest BCUT2D eigenvalue weighted by atomic mass is 9.95. The quantitative estimate of drug-likeness (QED) is 0.876. The van der Waals surface area contributed by atoms with Crippen LogP contribution in [0.25, 0.3) is 0 Å². The summed E-state index contributed by atoms with van der Waals surface area (Å²) in [7, 11) is -3.84. The van der Waals surface area contributed by atoms with Crippen molar-refractivity contribution in [2.45, 2.75) is 25.2 Å². The lowest BCUT2D eigenvalue weighted by Gasteiger charge is -2.25. The summed E-state index contributed by atoms with van der Waals surface area (Å²) < 4.78 is 28.9. The van der Waals surface area contributed by atoms with E-state index in [4.69, 9.17) is 9.88 Å². The van der Waals surface area contributed by atoms with Crippen molar-refractivity contribution in [3.8, 4) is 5.75 Å². The second-order valence-corrected chi connectivity index (χ2v) is 7.83. The van der Waals surface area contributed by atoms with E-state index in [0.29, 0.717) is 12.1 Å². The summed E-state index contributed by atoms with van der Waals surface area (Å²) >= 11 is 0. The van der Waals surface area contributed by atoms with Crippen molar-refractivity contribution in [1.82, 2.24) is 0 Å². The molecule has 25 heavy (non-hydrogen) atoms. The first-order chi connectivity index (χ1) is 11.8. The first-order valence-corrected chi connectivity index (χ1v) is 9.46. The number of carbonyl (C=O) groups is 1. The molecule has 1 atom stereocenters. The van der Waals surface area contributed by atoms with E-state index in [2.05, 4.69) is 5.32 Å². The maximum atomic E-state index is 12.6. The molecule has 1 aliphatic heterocycles. The van der Waals surface area contributed by atoms with Gasteiger partial charge in [-0.25, -0.2) is 13.6 Å². The van der Waals surface area contributed by atoms with Gasteiger partial charge in [-0.05, 0) is 55.2 Å². The van der Waals surface area contributed by atoms with Crippen LogP contribution < -0.4 is 15.2 Å². The number of hydrogen-bond donors (Lipinski definition) is 2. The number of benzene rings is 2. The number of nitrogens with one attached hydrogen (secondary N) is 1. The smallest absolute Gasteiger partial charge is 0.238 e. The summed E-state index contributed by atoms with van der Waals surface area (Å²) in [6.07, 6.45) is 0.578. The zero-order chi connectivity index (χ0) is 18.2. The predicted octanol–water partition coefficient (Wildman–Crippen LogP) is 2.14. The van der Waals surface area contributed by atoms with Gasteiger partial charge in [0, 0.05) is 5.69 Å². The molecule has 6 nitrogen and oxygen atoms in total. The van der Waals surface area contributed by atoms with E-state index >= 15 is 0 Å². The van der Waals surface area contributed by atoms with Crippen LogP contribution in [0.15, 0.2) is 41.3 Å². The van der Waals surface area contributed by atoms with Gasteiger partial charge in [-0.2, -0.15) is 0 Å². The highest BCUT2D eigenvalue weighted by atomic mass is 32.2. The highest BCUT2D eigenvalue weighted by Crippen LogP contribution is 2.29. The Labute approximate surface area is 147 Å². The number of sulfonamides is 1. The normalized spacial score (nSPS) is 16.7. The Kier molecular flexibility index (Phi) is 4.53. The number of hydrogen-bond acceptors (Lipinski definition) is 4. The average Bonchev–Trinajstić information content (AvgIpc) is 2.57. The van der Waals surface area contributed by atoms with Gasteiger partial charge in [0.1, 0.15) is 12.4 Å². The van der Waals surface area contributed by atoms with Gasteiger partial charge in [0.25, 0.3) is 0 Å². The third kappa shape index (κ3) is 3.67. The largest absolute Gasteiger partial charge is 0.492 e. The fourth-order valence-corrected chi connectivity index (χ4v) is 3.47. The minimum Gasteiger partial charge on any atom is -0.492 e. The number of primary sulfonamides is 1. The number of aryl methyl sites for hydroxylation is 1. The standard InChI is InChI=1S/C18H20N2O4S/c1-11-7-15(25(19,22)23)9-16(12(11)2)20-18(21)14-8-13-5-3-4-6-17(13)24-10-14/h3-7,9,14H,8,10H2,1-2H3,(H,20,21)(H2,19,22,23). The summed E-state index contributed by atoms with van der Waals surface area (Å²) in [5.74, 6) is 0.256. The van der Waals surface area contributed by atoms with E-state index in [-0.39, 0.29) is 23.3 Å². The summed E-state index contributed by atoms with van der Waals surface area (Å²) in [6.45, 7) is 3.89. The van der Waals surface area contributed by atoms with Crippen molar-refractivity contribution < 1.29 is 17.9 Å². The first kappa shape index (κ1) is 17.4. The van der Waals surface area contributed by atoms with Crippen molar-refractivity contribution in [2.24, 2.45) is 11.1 Å². The third-order valence-corrected chi connectivity index (χ3v) is 5.37. The summed E-state index contributed by atoms with van der Waals surface area (Å²) in [4.78, 5) is 12.6. The predicted molar refractivity (Wildman–Crippen MR) is 95.0 cm³/mol. The molecule has 1 aliphatic rings. The minimum atomic E-state index is -3.84. The number of anilines is 1. The molecule has 0 spiro atoms. The number of ether oxygens (including phenoxy) is 1. The topological polar surface area (TPSA) is 98.5 Å². The van der Waals surface area contributed by atoms with Gasteiger partial charge in [-0.1, -0.05) is 18.2 Å². The molecule has 0 bridgehead atoms. The minimum absolute atomic E-state index is 0.0175. The van der Waals surface area contributed by atoms with Gasteiger partial charge in [-0.3, -0.25) is 4.79 Å². The average molecular weight is 360 g/mol. The molecule has 7 heteroatoms. The highest BCUT2D eigenvalue weighted by molar-refractivity contribution is 7.89. The Morgan fingerprint density at radius 2 is 1.96 bits per heavy atom. The van der Waals surface area contributed by atoms with E-state index in [0.717, 1.165) is 22.4 Å². The molecule has 1 heterocycles. The molecule has 3 rings (SSSR count). The molecular formula is C18H20N2O4S. The van der Waals surface area contributed by atoms with Gasteiger partial charge >= 0.3 is 0 Å². The van der Waals surface area contributed by atoms with Crippen molar-refractivity contribution >= 4 is 21.6 Å². The van der Waals surface area contributed by atoms with Gasteiger partial charge in [0.05, 0.1) is 10.8 Å². The highest BCUT2D eigenvalue weighted by Gasteiger charge is 2.26. The number of fused-ring (bicyclic) bond motifs is 1. The van der Waals surface area contributed by atoms with Crippen LogP contribution in [0, 0.1) is 19.8 Å². The summed E-state index contributed by atoms with van der Waals surface area (Å²) in [5, 5.41) is 8.04. The number of carbonyl (C=O) groups excluding carboxylic acids is 1. The second-order valence-electron chi connectivity index (χ2n) is 6.27. The molecule has 0 fully saturated rings. The van der Waals surface area contributed by atoms with Crippen molar-refractivity contribution in [3.63, 3.8) is 0 Å². The molecule has 1 amide bonds. The Morgan fingerprint density at radius 3 is 2.68 bits per heavy atom. The number of para-hydroxylation sites is 1. The SMILES string of the molecule is Cc1cc(S(N)(=O)=O)cc(NC(=O)C2COc3ccccc3C2)c1C. The number of amides is 1. The first-order valence-electron chi connectivity index (χ1n) is 7.91. The van der Waals surface area contributed by atoms with E-state index in [1.165, 1.54) is 12.1 Å². The monoisotopic (exact) mass is 360 g/mol. The molecule has 1 unspecified atom stereocenters. The Hall–Kier alpha value is -2.38.